The highest BCUT2D eigenvalue weighted by molar-refractivity contribution is 4.81. The van der Waals surface area contributed by atoms with Crippen LogP contribution in [0.3, 0.4) is 0 Å². The van der Waals surface area contributed by atoms with Crippen molar-refractivity contribution in [2.24, 2.45) is 0 Å². The lowest BCUT2D eigenvalue weighted by atomic mass is 10.1. The van der Waals surface area contributed by atoms with Crippen LogP contribution >= 0.6 is 0 Å². The third-order valence-electron chi connectivity index (χ3n) is 2.27. The Kier molecular flexibility index (Phi) is 5.75. The number of hydrogen-bond donors (Lipinski definition) is 1. The third kappa shape index (κ3) is 6.71. The molecule has 0 amide bonds. The lowest BCUT2D eigenvalue weighted by molar-refractivity contribution is 0.0510. The summed E-state index contributed by atoms with van der Waals surface area (Å²) in [5.41, 5.74) is 0.158. The van der Waals surface area contributed by atoms with Crippen LogP contribution in [0.1, 0.15) is 52.8 Å². The molecular weight excluding hydrogens is 230 g/mol. The Morgan fingerprint density at radius 1 is 1.22 bits per heavy atom. The second-order valence-electron chi connectivity index (χ2n) is 5.73. The quantitative estimate of drug-likeness (QED) is 0.758. The average Bonchev–Trinajstić information content (AvgIpc) is 2.68. The zero-order valence-corrected chi connectivity index (χ0v) is 12.1. The van der Waals surface area contributed by atoms with E-state index in [0.717, 1.165) is 19.4 Å². The third-order valence-corrected chi connectivity index (χ3v) is 2.27. The van der Waals surface area contributed by atoms with Crippen LogP contribution in [-0.2, 0) is 17.8 Å². The minimum absolute atomic E-state index is 0.158. The molecule has 0 aliphatic rings. The van der Waals surface area contributed by atoms with Crippen molar-refractivity contribution in [1.82, 2.24) is 15.5 Å². The van der Waals surface area contributed by atoms with Crippen LogP contribution in [0.2, 0.25) is 0 Å². The van der Waals surface area contributed by atoms with Gasteiger partial charge >= 0.3 is 0 Å². The molecule has 0 saturated carbocycles. The van der Waals surface area contributed by atoms with Crippen LogP contribution < -0.4 is 5.32 Å². The van der Waals surface area contributed by atoms with Crippen LogP contribution in [0.25, 0.3) is 0 Å². The Balaban J connectivity index is 2.23. The summed E-state index contributed by atoms with van der Waals surface area (Å²) < 4.78 is 10.9. The van der Waals surface area contributed by atoms with Crippen LogP contribution in [0.5, 0.6) is 0 Å². The van der Waals surface area contributed by atoms with Gasteiger partial charge in [-0.15, -0.1) is 10.2 Å². The molecule has 0 aromatic carbocycles. The van der Waals surface area contributed by atoms with E-state index in [0.29, 0.717) is 18.4 Å². The molecule has 1 aromatic rings. The zero-order valence-electron chi connectivity index (χ0n) is 12.1. The summed E-state index contributed by atoms with van der Waals surface area (Å²) in [5, 5.41) is 11.4. The summed E-state index contributed by atoms with van der Waals surface area (Å²) >= 11 is 0. The maximum atomic E-state index is 5.49. The Morgan fingerprint density at radius 3 is 2.50 bits per heavy atom. The number of aryl methyl sites for hydroxylation is 1. The van der Waals surface area contributed by atoms with E-state index in [1.165, 1.54) is 0 Å². The van der Waals surface area contributed by atoms with Crippen LogP contribution in [0.15, 0.2) is 4.42 Å². The van der Waals surface area contributed by atoms with Crippen LogP contribution in [-0.4, -0.2) is 28.4 Å². The topological polar surface area (TPSA) is 60.2 Å². The highest BCUT2D eigenvalue weighted by Crippen LogP contribution is 2.06. The number of ether oxygens (including phenoxy) is 1. The van der Waals surface area contributed by atoms with E-state index in [1.54, 1.807) is 0 Å². The van der Waals surface area contributed by atoms with E-state index in [9.17, 15) is 0 Å². The number of rotatable bonds is 7. The summed E-state index contributed by atoms with van der Waals surface area (Å²) in [6.45, 7) is 11.8. The van der Waals surface area contributed by atoms with E-state index < -0.39 is 0 Å². The second-order valence-corrected chi connectivity index (χ2v) is 5.73. The molecule has 0 fully saturated rings. The maximum absolute atomic E-state index is 5.49. The van der Waals surface area contributed by atoms with Gasteiger partial charge in [-0.2, -0.15) is 0 Å². The molecule has 1 heterocycles. The Hall–Kier alpha value is -0.940. The minimum Gasteiger partial charge on any atom is -0.423 e. The van der Waals surface area contributed by atoms with Crippen molar-refractivity contribution in [3.05, 3.63) is 11.8 Å². The van der Waals surface area contributed by atoms with Crippen molar-refractivity contribution >= 4 is 0 Å². The van der Waals surface area contributed by atoms with Gasteiger partial charge in [0.25, 0.3) is 0 Å². The summed E-state index contributed by atoms with van der Waals surface area (Å²) in [6, 6.07) is 0. The van der Waals surface area contributed by atoms with E-state index in [4.69, 9.17) is 9.15 Å². The zero-order chi connectivity index (χ0) is 13.6. The van der Waals surface area contributed by atoms with Crippen LogP contribution in [0, 0.1) is 0 Å². The Morgan fingerprint density at radius 2 is 1.89 bits per heavy atom. The first kappa shape index (κ1) is 15.1. The van der Waals surface area contributed by atoms with Gasteiger partial charge in [-0.3, -0.25) is 0 Å². The smallest absolute Gasteiger partial charge is 0.242 e. The second kappa shape index (κ2) is 6.85. The van der Waals surface area contributed by atoms with Crippen molar-refractivity contribution in [3.8, 4) is 0 Å². The van der Waals surface area contributed by atoms with Gasteiger partial charge in [0.15, 0.2) is 0 Å². The predicted molar refractivity (Wildman–Crippen MR) is 70.3 cm³/mol. The van der Waals surface area contributed by atoms with Gasteiger partial charge in [-0.05, 0) is 47.6 Å². The Bertz CT molecular complexity index is 342. The van der Waals surface area contributed by atoms with E-state index in [-0.39, 0.29) is 11.6 Å². The van der Waals surface area contributed by atoms with E-state index in [1.807, 2.05) is 13.8 Å². The number of hydrogen-bond acceptors (Lipinski definition) is 5. The maximum Gasteiger partial charge on any atom is 0.242 e. The summed E-state index contributed by atoms with van der Waals surface area (Å²) in [6.07, 6.45) is 1.97. The summed E-state index contributed by atoms with van der Waals surface area (Å²) in [5.74, 6) is 1.25. The number of aromatic nitrogens is 2. The van der Waals surface area contributed by atoms with Crippen molar-refractivity contribution in [3.63, 3.8) is 0 Å². The van der Waals surface area contributed by atoms with Crippen molar-refractivity contribution in [2.45, 2.75) is 65.7 Å². The monoisotopic (exact) mass is 255 g/mol. The predicted octanol–water partition coefficient (Wildman–Crippen LogP) is 2.32. The molecule has 0 spiro atoms. The Labute approximate surface area is 109 Å². The standard InChI is InChI=1S/C13H25N3O2/c1-10(2)17-9-12-16-15-11(18-12)7-6-8-14-13(3,4)5/h10,14H,6-9H2,1-5H3. The van der Waals surface area contributed by atoms with Gasteiger partial charge in [0.1, 0.15) is 6.61 Å². The lowest BCUT2D eigenvalue weighted by Gasteiger charge is -2.19. The van der Waals surface area contributed by atoms with Gasteiger partial charge in [0.2, 0.25) is 11.8 Å². The molecule has 0 aliphatic carbocycles. The molecule has 104 valence electrons. The van der Waals surface area contributed by atoms with Crippen LogP contribution in [0.4, 0.5) is 0 Å². The highest BCUT2D eigenvalue weighted by atomic mass is 16.5. The molecule has 0 atom stereocenters. The number of nitrogens with one attached hydrogen (secondary N) is 1. The molecule has 5 heteroatoms. The molecule has 0 bridgehead atoms. The molecule has 0 unspecified atom stereocenters. The normalized spacial score (nSPS) is 12.3. The van der Waals surface area contributed by atoms with Gasteiger partial charge in [-0.25, -0.2) is 0 Å². The minimum atomic E-state index is 0.158. The molecule has 5 nitrogen and oxygen atoms in total. The van der Waals surface area contributed by atoms with Gasteiger partial charge < -0.3 is 14.5 Å². The SMILES string of the molecule is CC(C)OCc1nnc(CCCNC(C)(C)C)o1. The number of nitrogens with zero attached hydrogens (tertiary/aromatic N) is 2. The summed E-state index contributed by atoms with van der Waals surface area (Å²) in [4.78, 5) is 0. The average molecular weight is 255 g/mol. The lowest BCUT2D eigenvalue weighted by Crippen LogP contribution is -2.36. The molecule has 1 rings (SSSR count). The first-order valence-electron chi connectivity index (χ1n) is 6.55. The highest BCUT2D eigenvalue weighted by Gasteiger charge is 2.09. The van der Waals surface area contributed by atoms with Crippen molar-refractivity contribution < 1.29 is 9.15 Å². The molecule has 0 saturated heterocycles. The molecular formula is C13H25N3O2. The fraction of sp³-hybridized carbons (Fsp3) is 0.846. The van der Waals surface area contributed by atoms with E-state index in [2.05, 4.69) is 36.3 Å². The molecule has 0 aliphatic heterocycles. The molecule has 18 heavy (non-hydrogen) atoms. The fourth-order valence-corrected chi connectivity index (χ4v) is 1.39. The molecule has 1 aromatic heterocycles. The molecule has 1 N–H and O–H groups in total. The van der Waals surface area contributed by atoms with E-state index >= 15 is 0 Å². The summed E-state index contributed by atoms with van der Waals surface area (Å²) in [7, 11) is 0. The first-order chi connectivity index (χ1) is 8.37. The fourth-order valence-electron chi connectivity index (χ4n) is 1.39. The largest absolute Gasteiger partial charge is 0.423 e. The van der Waals surface area contributed by atoms with Gasteiger partial charge in [0.05, 0.1) is 6.10 Å². The van der Waals surface area contributed by atoms with Gasteiger partial charge in [0, 0.05) is 12.0 Å². The van der Waals surface area contributed by atoms with Crippen molar-refractivity contribution in [2.75, 3.05) is 6.54 Å². The first-order valence-corrected chi connectivity index (χ1v) is 6.55. The molecule has 0 radical (unpaired) electrons. The van der Waals surface area contributed by atoms with Gasteiger partial charge in [-0.1, -0.05) is 0 Å². The van der Waals surface area contributed by atoms with Crippen molar-refractivity contribution in [1.29, 1.82) is 0 Å².